The molecule has 0 aliphatic rings. The highest BCUT2D eigenvalue weighted by Crippen LogP contribution is 2.09. The lowest BCUT2D eigenvalue weighted by Gasteiger charge is -1.98. The van der Waals surface area contributed by atoms with E-state index in [0.717, 1.165) is 0 Å². The molecule has 0 bridgehead atoms. The van der Waals surface area contributed by atoms with Crippen molar-refractivity contribution in [3.63, 3.8) is 0 Å². The van der Waals surface area contributed by atoms with Crippen molar-refractivity contribution in [2.75, 3.05) is 0 Å². The minimum atomic E-state index is 1.26. The van der Waals surface area contributed by atoms with Gasteiger partial charge in [-0.3, -0.25) is 0 Å². The van der Waals surface area contributed by atoms with Crippen LogP contribution in [0.1, 0.15) is 90.9 Å². The Morgan fingerprint density at radius 1 is 0.400 bits per heavy atom. The van der Waals surface area contributed by atoms with Crippen LogP contribution in [0.25, 0.3) is 0 Å². The topological polar surface area (TPSA) is 0 Å². The highest BCUT2D eigenvalue weighted by molar-refractivity contribution is 4.81. The van der Waals surface area contributed by atoms with Gasteiger partial charge < -0.3 is 0 Å². The van der Waals surface area contributed by atoms with E-state index in [1.54, 1.807) is 0 Å². The third kappa shape index (κ3) is 17.2. The molecule has 0 heterocycles. The van der Waals surface area contributed by atoms with Crippen LogP contribution in [-0.4, -0.2) is 0 Å². The molecule has 0 rings (SSSR count). The Kier molecular flexibility index (Phi) is 17.5. The van der Waals surface area contributed by atoms with Crippen LogP contribution >= 0.6 is 0 Å². The fourth-order valence-corrected chi connectivity index (χ4v) is 2.32. The molecule has 0 saturated heterocycles. The van der Waals surface area contributed by atoms with Gasteiger partial charge in [-0.15, -0.1) is 0 Å². The zero-order chi connectivity index (χ0) is 14.7. The first-order valence-electron chi connectivity index (χ1n) is 8.79. The summed E-state index contributed by atoms with van der Waals surface area (Å²) in [5.74, 6) is 0. The molecule has 116 valence electrons. The maximum atomic E-state index is 2.39. The first kappa shape index (κ1) is 19.2. The average Bonchev–Trinajstić information content (AvgIpc) is 2.47. The molecule has 0 amide bonds. The summed E-state index contributed by atoms with van der Waals surface area (Å²) in [6, 6.07) is 0. The summed E-state index contributed by atoms with van der Waals surface area (Å²) in [4.78, 5) is 0. The fraction of sp³-hybridized carbons (Fsp3) is 0.700. The normalized spacial score (nSPS) is 12.3. The van der Waals surface area contributed by atoms with E-state index in [1.165, 1.54) is 77.0 Å². The summed E-state index contributed by atoms with van der Waals surface area (Å²) in [5.41, 5.74) is 0. The zero-order valence-corrected chi connectivity index (χ0v) is 13.9. The molecule has 0 atom stereocenters. The Hall–Kier alpha value is -0.780. The van der Waals surface area contributed by atoms with Crippen LogP contribution in [0.3, 0.4) is 0 Å². The fourth-order valence-electron chi connectivity index (χ4n) is 2.32. The quantitative estimate of drug-likeness (QED) is 0.229. The van der Waals surface area contributed by atoms with Gasteiger partial charge in [-0.25, -0.2) is 0 Å². The van der Waals surface area contributed by atoms with Gasteiger partial charge in [0.1, 0.15) is 0 Å². The van der Waals surface area contributed by atoms with E-state index in [2.05, 4.69) is 50.3 Å². The molecule has 0 radical (unpaired) electrons. The van der Waals surface area contributed by atoms with Gasteiger partial charge in [-0.2, -0.15) is 0 Å². The van der Waals surface area contributed by atoms with E-state index in [1.807, 2.05) is 0 Å². The number of unbranched alkanes of at least 4 members (excludes halogenated alkanes) is 10. The van der Waals surface area contributed by atoms with E-state index >= 15 is 0 Å². The predicted molar refractivity (Wildman–Crippen MR) is 94.2 cm³/mol. The third-order valence-corrected chi connectivity index (χ3v) is 3.62. The van der Waals surface area contributed by atoms with Gasteiger partial charge in [0.05, 0.1) is 0 Å². The second-order valence-electron chi connectivity index (χ2n) is 5.59. The maximum absolute atomic E-state index is 2.39. The Labute approximate surface area is 128 Å². The lowest BCUT2D eigenvalue weighted by molar-refractivity contribution is 0.645. The van der Waals surface area contributed by atoms with Crippen molar-refractivity contribution in [3.05, 3.63) is 36.5 Å². The van der Waals surface area contributed by atoms with Crippen LogP contribution in [0.15, 0.2) is 36.5 Å². The van der Waals surface area contributed by atoms with Crippen molar-refractivity contribution in [2.45, 2.75) is 90.9 Å². The largest absolute Gasteiger partial charge is 0.0917 e. The maximum Gasteiger partial charge on any atom is -0.0351 e. The smallest absolute Gasteiger partial charge is 0.0351 e. The van der Waals surface area contributed by atoms with Crippen LogP contribution in [0.2, 0.25) is 0 Å². The minimum absolute atomic E-state index is 1.26. The zero-order valence-electron chi connectivity index (χ0n) is 13.9. The van der Waals surface area contributed by atoms with E-state index in [4.69, 9.17) is 0 Å². The molecule has 0 aromatic heterocycles. The summed E-state index contributed by atoms with van der Waals surface area (Å²) in [6.07, 6.45) is 29.8. The molecule has 0 unspecified atom stereocenters. The second kappa shape index (κ2) is 18.2. The highest BCUT2D eigenvalue weighted by Gasteiger charge is 1.89. The van der Waals surface area contributed by atoms with Crippen molar-refractivity contribution in [3.8, 4) is 0 Å². The van der Waals surface area contributed by atoms with Crippen LogP contribution in [0.4, 0.5) is 0 Å². The Bertz CT molecular complexity index is 219. The number of hydrogen-bond donors (Lipinski definition) is 0. The Morgan fingerprint density at radius 3 is 1.00 bits per heavy atom. The van der Waals surface area contributed by atoms with E-state index < -0.39 is 0 Å². The number of allylic oxidation sites excluding steroid dienone is 6. The summed E-state index contributed by atoms with van der Waals surface area (Å²) in [7, 11) is 0. The molecule has 0 heteroatoms. The van der Waals surface area contributed by atoms with Crippen LogP contribution < -0.4 is 0 Å². The first-order chi connectivity index (χ1) is 9.91. The van der Waals surface area contributed by atoms with Crippen LogP contribution in [-0.2, 0) is 0 Å². The molecule has 0 aliphatic heterocycles. The Morgan fingerprint density at radius 2 is 0.700 bits per heavy atom. The molecule has 0 N–H and O–H groups in total. The molecule has 0 saturated carbocycles. The third-order valence-electron chi connectivity index (χ3n) is 3.62. The molecule has 0 nitrogen and oxygen atoms in total. The molecule has 0 aromatic rings. The second-order valence-corrected chi connectivity index (χ2v) is 5.59. The summed E-state index contributed by atoms with van der Waals surface area (Å²) >= 11 is 0. The van der Waals surface area contributed by atoms with Crippen molar-refractivity contribution in [1.82, 2.24) is 0 Å². The van der Waals surface area contributed by atoms with Crippen molar-refractivity contribution >= 4 is 0 Å². The van der Waals surface area contributed by atoms with E-state index in [-0.39, 0.29) is 0 Å². The Balaban J connectivity index is 3.08. The van der Waals surface area contributed by atoms with Crippen molar-refractivity contribution in [2.24, 2.45) is 0 Å². The van der Waals surface area contributed by atoms with Crippen molar-refractivity contribution < 1.29 is 0 Å². The van der Waals surface area contributed by atoms with E-state index in [9.17, 15) is 0 Å². The van der Waals surface area contributed by atoms with Crippen LogP contribution in [0.5, 0.6) is 0 Å². The predicted octanol–water partition coefficient (Wildman–Crippen LogP) is 7.38. The first-order valence-corrected chi connectivity index (χ1v) is 8.79. The summed E-state index contributed by atoms with van der Waals surface area (Å²) in [6.45, 7) is 4.21. The van der Waals surface area contributed by atoms with Gasteiger partial charge >= 0.3 is 0 Å². The van der Waals surface area contributed by atoms with Gasteiger partial charge in [0, 0.05) is 0 Å². The number of hydrogen-bond acceptors (Lipinski definition) is 0. The minimum Gasteiger partial charge on any atom is -0.0917 e. The van der Waals surface area contributed by atoms with Crippen LogP contribution in [0, 0.1) is 0 Å². The van der Waals surface area contributed by atoms with E-state index in [0.29, 0.717) is 0 Å². The SMILES string of the molecule is CC=CCCCCCCC=CCCCCCCC=CC. The standard InChI is InChI=1S/C20H36/c1-3-5-7-9-11-13-15-17-19-20-18-16-14-12-10-8-6-4-2/h3-6,19-20H,7-18H2,1-2H3. The molecule has 20 heavy (non-hydrogen) atoms. The van der Waals surface area contributed by atoms with Gasteiger partial charge in [0.2, 0.25) is 0 Å². The molecule has 0 spiro atoms. The summed E-state index contributed by atoms with van der Waals surface area (Å²) < 4.78 is 0. The average molecular weight is 277 g/mol. The van der Waals surface area contributed by atoms with Gasteiger partial charge in [0.15, 0.2) is 0 Å². The molecular weight excluding hydrogens is 240 g/mol. The van der Waals surface area contributed by atoms with Gasteiger partial charge in [-0.1, -0.05) is 62.1 Å². The molecule has 0 fully saturated rings. The van der Waals surface area contributed by atoms with Gasteiger partial charge in [-0.05, 0) is 65.2 Å². The monoisotopic (exact) mass is 276 g/mol. The molecular formula is C20H36. The molecule has 0 aromatic carbocycles. The number of rotatable bonds is 14. The lowest BCUT2D eigenvalue weighted by atomic mass is 10.1. The van der Waals surface area contributed by atoms with Crippen molar-refractivity contribution in [1.29, 1.82) is 0 Å². The van der Waals surface area contributed by atoms with Gasteiger partial charge in [0.25, 0.3) is 0 Å². The molecule has 0 aliphatic carbocycles. The summed E-state index contributed by atoms with van der Waals surface area (Å²) in [5, 5.41) is 0. The highest BCUT2D eigenvalue weighted by atomic mass is 14.0. The lowest BCUT2D eigenvalue weighted by Crippen LogP contribution is -1.78.